The lowest BCUT2D eigenvalue weighted by molar-refractivity contribution is -0.120. The molecule has 1 N–H and O–H groups in total. The Morgan fingerprint density at radius 3 is 2.87 bits per heavy atom. The van der Waals surface area contributed by atoms with Crippen molar-refractivity contribution in [3.63, 3.8) is 0 Å². The van der Waals surface area contributed by atoms with Crippen LogP contribution in [0.25, 0.3) is 10.9 Å². The lowest BCUT2D eigenvalue weighted by Gasteiger charge is -2.15. The lowest BCUT2D eigenvalue weighted by atomic mass is 10.2. The third-order valence-corrected chi connectivity index (χ3v) is 4.95. The van der Waals surface area contributed by atoms with Crippen LogP contribution < -0.4 is 10.9 Å². The molecular weight excluding hydrogens is 310 g/mol. The van der Waals surface area contributed by atoms with E-state index in [1.54, 1.807) is 4.57 Å². The number of benzene rings is 1. The van der Waals surface area contributed by atoms with Crippen LogP contribution in [0.4, 0.5) is 0 Å². The summed E-state index contributed by atoms with van der Waals surface area (Å²) in [4.78, 5) is 29.5. The van der Waals surface area contributed by atoms with Crippen molar-refractivity contribution in [2.24, 2.45) is 0 Å². The molecule has 0 radical (unpaired) electrons. The monoisotopic (exact) mass is 331 g/mol. The van der Waals surface area contributed by atoms with Gasteiger partial charge in [0.05, 0.1) is 16.2 Å². The largest absolute Gasteiger partial charge is 0.355 e. The van der Waals surface area contributed by atoms with E-state index >= 15 is 0 Å². The molecule has 3 rings (SSSR count). The third kappa shape index (κ3) is 3.42. The first kappa shape index (κ1) is 16.1. The molecule has 6 heteroatoms. The van der Waals surface area contributed by atoms with Gasteiger partial charge in [0.2, 0.25) is 5.91 Å². The van der Waals surface area contributed by atoms with Crippen LogP contribution in [0.1, 0.15) is 39.2 Å². The van der Waals surface area contributed by atoms with Gasteiger partial charge in [-0.2, -0.15) is 0 Å². The molecule has 1 heterocycles. The molecule has 0 spiro atoms. The zero-order valence-corrected chi connectivity index (χ0v) is 14.2. The van der Waals surface area contributed by atoms with Gasteiger partial charge >= 0.3 is 0 Å². The van der Waals surface area contributed by atoms with E-state index in [1.165, 1.54) is 11.8 Å². The summed E-state index contributed by atoms with van der Waals surface area (Å²) < 4.78 is 1.77. The Bertz CT molecular complexity index is 783. The normalized spacial score (nSPS) is 15.6. The summed E-state index contributed by atoms with van der Waals surface area (Å²) in [6.07, 6.45) is 2.91. The Morgan fingerprint density at radius 2 is 2.17 bits per heavy atom. The van der Waals surface area contributed by atoms with E-state index in [0.717, 1.165) is 19.3 Å². The second-order valence-corrected chi connectivity index (χ2v) is 7.18. The topological polar surface area (TPSA) is 64.0 Å². The minimum Gasteiger partial charge on any atom is -0.355 e. The molecule has 1 amide bonds. The van der Waals surface area contributed by atoms with Gasteiger partial charge < -0.3 is 5.32 Å². The van der Waals surface area contributed by atoms with Gasteiger partial charge in [-0.3, -0.25) is 14.2 Å². The van der Waals surface area contributed by atoms with Crippen molar-refractivity contribution in [1.82, 2.24) is 14.9 Å². The Balaban J connectivity index is 1.95. The molecule has 23 heavy (non-hydrogen) atoms. The molecule has 1 atom stereocenters. The minimum absolute atomic E-state index is 0.00164. The van der Waals surface area contributed by atoms with E-state index in [1.807, 2.05) is 38.1 Å². The Morgan fingerprint density at radius 1 is 1.43 bits per heavy atom. The van der Waals surface area contributed by atoms with E-state index in [9.17, 15) is 9.59 Å². The van der Waals surface area contributed by atoms with Gasteiger partial charge in [-0.1, -0.05) is 30.8 Å². The summed E-state index contributed by atoms with van der Waals surface area (Å²) in [6.45, 7) is 4.55. The predicted molar refractivity (Wildman–Crippen MR) is 92.9 cm³/mol. The SMILES string of the molecule is CCCNC(=O)C(C)Sc1nc2ccccc2c(=O)n1C1CC1. The molecule has 5 nitrogen and oxygen atoms in total. The van der Waals surface area contributed by atoms with Gasteiger partial charge in [-0.15, -0.1) is 0 Å². The molecule has 122 valence electrons. The number of hydrogen-bond donors (Lipinski definition) is 1. The highest BCUT2D eigenvalue weighted by Gasteiger charge is 2.29. The number of para-hydroxylation sites is 1. The maximum Gasteiger partial charge on any atom is 0.262 e. The van der Waals surface area contributed by atoms with Crippen LogP contribution in [0, 0.1) is 0 Å². The first-order valence-corrected chi connectivity index (χ1v) is 8.95. The van der Waals surface area contributed by atoms with Gasteiger partial charge in [0.25, 0.3) is 5.56 Å². The standard InChI is InChI=1S/C17H21N3O2S/c1-3-10-18-15(21)11(2)23-17-19-14-7-5-4-6-13(14)16(22)20(17)12-8-9-12/h4-7,11-12H,3,8-10H2,1-2H3,(H,18,21). The summed E-state index contributed by atoms with van der Waals surface area (Å²) in [5.41, 5.74) is 0.694. The zero-order chi connectivity index (χ0) is 16.4. The predicted octanol–water partition coefficient (Wildman–Crippen LogP) is 2.74. The van der Waals surface area contributed by atoms with Gasteiger partial charge in [-0.05, 0) is 38.3 Å². The smallest absolute Gasteiger partial charge is 0.262 e. The Kier molecular flexibility index (Phi) is 4.71. The Labute approximate surface area is 139 Å². The molecule has 1 aliphatic rings. The van der Waals surface area contributed by atoms with Crippen molar-refractivity contribution in [1.29, 1.82) is 0 Å². The highest BCUT2D eigenvalue weighted by Crippen LogP contribution is 2.37. The number of nitrogens with zero attached hydrogens (tertiary/aromatic N) is 2. The molecule has 0 bridgehead atoms. The molecule has 0 saturated heterocycles. The van der Waals surface area contributed by atoms with Gasteiger partial charge in [0.1, 0.15) is 0 Å². The van der Waals surface area contributed by atoms with Crippen molar-refractivity contribution < 1.29 is 4.79 Å². The van der Waals surface area contributed by atoms with E-state index in [-0.39, 0.29) is 22.8 Å². The van der Waals surface area contributed by atoms with E-state index in [2.05, 4.69) is 10.3 Å². The second-order valence-electron chi connectivity index (χ2n) is 5.87. The number of hydrogen-bond acceptors (Lipinski definition) is 4. The number of nitrogens with one attached hydrogen (secondary N) is 1. The maximum absolute atomic E-state index is 12.8. The average Bonchev–Trinajstić information content (AvgIpc) is 3.37. The van der Waals surface area contributed by atoms with E-state index in [0.29, 0.717) is 22.6 Å². The molecule has 1 aromatic heterocycles. The maximum atomic E-state index is 12.8. The lowest BCUT2D eigenvalue weighted by Crippen LogP contribution is -2.32. The van der Waals surface area contributed by atoms with Crippen LogP contribution in [0.15, 0.2) is 34.2 Å². The van der Waals surface area contributed by atoms with Crippen molar-refractivity contribution >= 4 is 28.6 Å². The summed E-state index contributed by atoms with van der Waals surface area (Å²) >= 11 is 1.37. The Hall–Kier alpha value is -1.82. The number of aromatic nitrogens is 2. The zero-order valence-electron chi connectivity index (χ0n) is 13.4. The molecule has 1 unspecified atom stereocenters. The van der Waals surface area contributed by atoms with Crippen LogP contribution in [0.5, 0.6) is 0 Å². The van der Waals surface area contributed by atoms with Gasteiger partial charge in [0.15, 0.2) is 5.16 Å². The van der Waals surface area contributed by atoms with Crippen LogP contribution >= 0.6 is 11.8 Å². The van der Waals surface area contributed by atoms with Gasteiger partial charge in [-0.25, -0.2) is 4.98 Å². The van der Waals surface area contributed by atoms with Crippen molar-refractivity contribution in [2.45, 2.75) is 49.6 Å². The molecule has 1 saturated carbocycles. The third-order valence-electron chi connectivity index (χ3n) is 3.89. The quantitative estimate of drug-likeness (QED) is 0.653. The minimum atomic E-state index is -0.278. The summed E-state index contributed by atoms with van der Waals surface area (Å²) in [5.74, 6) is -0.0124. The second kappa shape index (κ2) is 6.74. The van der Waals surface area contributed by atoms with Crippen molar-refractivity contribution in [2.75, 3.05) is 6.54 Å². The number of thioether (sulfide) groups is 1. The highest BCUT2D eigenvalue weighted by atomic mass is 32.2. The number of rotatable bonds is 6. The summed E-state index contributed by atoms with van der Waals surface area (Å²) in [5, 5.41) is 3.91. The van der Waals surface area contributed by atoms with E-state index in [4.69, 9.17) is 0 Å². The molecule has 1 aromatic carbocycles. The number of amides is 1. The number of fused-ring (bicyclic) bond motifs is 1. The molecule has 1 fully saturated rings. The molecule has 2 aromatic rings. The van der Waals surface area contributed by atoms with Crippen molar-refractivity contribution in [3.05, 3.63) is 34.6 Å². The number of carbonyl (C=O) groups excluding carboxylic acids is 1. The average molecular weight is 331 g/mol. The van der Waals surface area contributed by atoms with Crippen LogP contribution in [-0.2, 0) is 4.79 Å². The first-order valence-electron chi connectivity index (χ1n) is 8.07. The highest BCUT2D eigenvalue weighted by molar-refractivity contribution is 8.00. The number of carbonyl (C=O) groups is 1. The fourth-order valence-corrected chi connectivity index (χ4v) is 3.47. The van der Waals surface area contributed by atoms with Crippen LogP contribution in [0.2, 0.25) is 0 Å². The summed E-state index contributed by atoms with van der Waals surface area (Å²) in [7, 11) is 0. The summed E-state index contributed by atoms with van der Waals surface area (Å²) in [6, 6.07) is 7.63. The van der Waals surface area contributed by atoms with Crippen LogP contribution in [0.3, 0.4) is 0 Å². The van der Waals surface area contributed by atoms with Crippen LogP contribution in [-0.4, -0.2) is 27.3 Å². The van der Waals surface area contributed by atoms with Crippen molar-refractivity contribution in [3.8, 4) is 0 Å². The fourth-order valence-electron chi connectivity index (χ4n) is 2.47. The molecule has 1 aliphatic carbocycles. The van der Waals surface area contributed by atoms with E-state index < -0.39 is 0 Å². The van der Waals surface area contributed by atoms with Gasteiger partial charge in [0, 0.05) is 12.6 Å². The molecular formula is C17H21N3O2S. The molecule has 0 aliphatic heterocycles. The fraction of sp³-hybridized carbons (Fsp3) is 0.471. The first-order chi connectivity index (χ1) is 11.1.